The molecule has 3 rings (SSSR count). The van der Waals surface area contributed by atoms with Gasteiger partial charge >= 0.3 is 156 Å². The van der Waals surface area contributed by atoms with Crippen LogP contribution in [0.2, 0.25) is 29.6 Å². The average Bonchev–Trinajstić information content (AvgIpc) is 2.79. The normalized spacial score (nSPS) is 12.9. The molecule has 1 nitrogen and oxygen atoms in total. The Labute approximate surface area is 154 Å². The third-order valence-corrected chi connectivity index (χ3v) is 16.6. The van der Waals surface area contributed by atoms with Gasteiger partial charge in [0.25, 0.3) is 0 Å². The summed E-state index contributed by atoms with van der Waals surface area (Å²) in [6.07, 6.45) is 2.01. The van der Waals surface area contributed by atoms with Crippen molar-refractivity contribution in [2.75, 3.05) is 0 Å². The van der Waals surface area contributed by atoms with Crippen LogP contribution in [-0.4, -0.2) is 41.3 Å². The molecule has 1 heterocycles. The molecule has 0 fully saturated rings. The molecule has 0 aliphatic rings. The van der Waals surface area contributed by atoms with Crippen molar-refractivity contribution in [3.05, 3.63) is 49.1 Å². The van der Waals surface area contributed by atoms with Crippen LogP contribution in [0, 0.1) is 0 Å². The topological polar surface area (TPSA) is 4.93 Å². The molecular formula is C21H29NSn2. The minimum absolute atomic E-state index is 0.871. The van der Waals surface area contributed by atoms with E-state index in [-0.39, 0.29) is 0 Å². The predicted molar refractivity (Wildman–Crippen MR) is 116 cm³/mol. The summed E-state index contributed by atoms with van der Waals surface area (Å²) in [5, 5.41) is 2.88. The van der Waals surface area contributed by atoms with Crippen molar-refractivity contribution in [3.63, 3.8) is 0 Å². The number of benzene rings is 2. The second-order valence-corrected chi connectivity index (χ2v) is 37.8. The molecule has 0 saturated heterocycles. The van der Waals surface area contributed by atoms with Crippen molar-refractivity contribution in [2.45, 2.75) is 36.2 Å². The van der Waals surface area contributed by atoms with Crippen LogP contribution in [0.3, 0.4) is 0 Å². The van der Waals surface area contributed by atoms with Crippen LogP contribution in [0.1, 0.15) is 0 Å². The Bertz CT molecular complexity index is 850. The Balaban J connectivity index is 2.40. The van der Waals surface area contributed by atoms with E-state index in [1.54, 1.807) is 7.16 Å². The summed E-state index contributed by atoms with van der Waals surface area (Å²) >= 11 is -4.15. The number of rotatable bonds is 4. The van der Waals surface area contributed by atoms with Gasteiger partial charge in [-0.3, -0.25) is 0 Å². The van der Waals surface area contributed by atoms with Crippen molar-refractivity contribution >= 4 is 65.7 Å². The van der Waals surface area contributed by atoms with Gasteiger partial charge in [-0.25, -0.2) is 0 Å². The van der Waals surface area contributed by atoms with Gasteiger partial charge < -0.3 is 0 Å². The minimum atomic E-state index is -2.07. The number of aromatic nitrogens is 1. The molecule has 0 aliphatic heterocycles. The first-order chi connectivity index (χ1) is 11.1. The Kier molecular flexibility index (Phi) is 4.89. The van der Waals surface area contributed by atoms with Gasteiger partial charge in [-0.05, 0) is 0 Å². The monoisotopic (exact) mass is 535 g/mol. The molecule has 126 valence electrons. The maximum atomic E-state index is 3.96. The van der Waals surface area contributed by atoms with E-state index in [0.29, 0.717) is 0 Å². The van der Waals surface area contributed by atoms with E-state index in [4.69, 9.17) is 0 Å². The summed E-state index contributed by atoms with van der Waals surface area (Å²) in [5.74, 6) is 0. The van der Waals surface area contributed by atoms with E-state index >= 15 is 0 Å². The molecule has 2 aromatic carbocycles. The zero-order valence-corrected chi connectivity index (χ0v) is 21.6. The predicted octanol–water partition coefficient (Wildman–Crippen LogP) is 5.07. The number of allylic oxidation sites excluding steroid dienone is 1. The van der Waals surface area contributed by atoms with Crippen LogP contribution in [0.25, 0.3) is 21.8 Å². The van der Waals surface area contributed by atoms with Crippen LogP contribution < -0.4 is 7.16 Å². The summed E-state index contributed by atoms with van der Waals surface area (Å²) in [6, 6.07) is 14.4. The Hall–Kier alpha value is -0.423. The maximum absolute atomic E-state index is 3.96. The van der Waals surface area contributed by atoms with E-state index < -0.39 is 36.8 Å². The van der Waals surface area contributed by atoms with Crippen LogP contribution in [0.15, 0.2) is 49.1 Å². The van der Waals surface area contributed by atoms with Crippen molar-refractivity contribution in [1.82, 2.24) is 4.57 Å². The van der Waals surface area contributed by atoms with Gasteiger partial charge in [-0.1, -0.05) is 0 Å². The molecule has 0 bridgehead atoms. The molecular weight excluding hydrogens is 504 g/mol. The molecule has 0 aliphatic carbocycles. The SMILES string of the molecule is C=CCn1c2cc[c]([Sn]([CH3])([CH3])[CH3])cc2c2c[c]([Sn]([CH3])([CH3])[CH3])ccc21. The van der Waals surface area contributed by atoms with Crippen molar-refractivity contribution in [2.24, 2.45) is 0 Å². The fourth-order valence-electron chi connectivity index (χ4n) is 3.36. The summed E-state index contributed by atoms with van der Waals surface area (Å²) in [7, 11) is 0. The first kappa shape index (κ1) is 18.4. The Morgan fingerprint density at radius 1 is 0.792 bits per heavy atom. The van der Waals surface area contributed by atoms with Crippen molar-refractivity contribution in [3.8, 4) is 0 Å². The van der Waals surface area contributed by atoms with Crippen molar-refractivity contribution < 1.29 is 0 Å². The summed E-state index contributed by atoms with van der Waals surface area (Å²) in [6.45, 7) is 4.83. The van der Waals surface area contributed by atoms with E-state index in [1.165, 1.54) is 21.8 Å². The molecule has 0 atom stereocenters. The summed E-state index contributed by atoms with van der Waals surface area (Å²) in [5.41, 5.74) is 2.70. The molecule has 3 heteroatoms. The standard InChI is InChI=1S/C15H11N.6CH3.2Sn/c1-2-11-16-14-9-5-3-7-12(14)13-8-4-6-10-15(13)16;;;;;;;;/h2,5-10H,1,11H2;6*1H3;;. The molecule has 0 unspecified atom stereocenters. The second kappa shape index (κ2) is 6.38. The molecule has 3 aromatic rings. The summed E-state index contributed by atoms with van der Waals surface area (Å²) in [4.78, 5) is 15.0. The van der Waals surface area contributed by atoms with Gasteiger partial charge in [0.15, 0.2) is 0 Å². The molecule has 0 N–H and O–H groups in total. The molecule has 0 radical (unpaired) electrons. The Morgan fingerprint density at radius 2 is 1.21 bits per heavy atom. The van der Waals surface area contributed by atoms with E-state index in [2.05, 4.69) is 77.2 Å². The van der Waals surface area contributed by atoms with Gasteiger partial charge in [0, 0.05) is 0 Å². The van der Waals surface area contributed by atoms with E-state index in [0.717, 1.165) is 6.54 Å². The van der Waals surface area contributed by atoms with Crippen LogP contribution >= 0.6 is 0 Å². The number of hydrogen-bond donors (Lipinski definition) is 0. The first-order valence-corrected chi connectivity index (χ1v) is 28.8. The van der Waals surface area contributed by atoms with Crippen LogP contribution in [0.4, 0.5) is 0 Å². The number of hydrogen-bond acceptors (Lipinski definition) is 0. The zero-order chi connectivity index (χ0) is 17.7. The summed E-state index contributed by atoms with van der Waals surface area (Å²) < 4.78 is 5.64. The molecule has 0 saturated carbocycles. The molecule has 0 spiro atoms. The molecule has 0 amide bonds. The fraction of sp³-hybridized carbons (Fsp3) is 0.333. The van der Waals surface area contributed by atoms with Crippen molar-refractivity contribution in [1.29, 1.82) is 0 Å². The Morgan fingerprint density at radius 3 is 1.54 bits per heavy atom. The third kappa shape index (κ3) is 3.31. The van der Waals surface area contributed by atoms with Gasteiger partial charge in [0.2, 0.25) is 0 Å². The van der Waals surface area contributed by atoms with E-state index in [1.807, 2.05) is 6.08 Å². The molecule has 24 heavy (non-hydrogen) atoms. The number of nitrogens with zero attached hydrogens (tertiary/aromatic N) is 1. The second-order valence-electron chi connectivity index (χ2n) is 8.86. The van der Waals surface area contributed by atoms with Crippen LogP contribution in [0.5, 0.6) is 0 Å². The fourth-order valence-corrected chi connectivity index (χ4v) is 9.99. The third-order valence-electron chi connectivity index (χ3n) is 4.91. The zero-order valence-electron chi connectivity index (χ0n) is 15.9. The average molecular weight is 533 g/mol. The van der Waals surface area contributed by atoms with Gasteiger partial charge in [-0.15, -0.1) is 0 Å². The molecule has 1 aromatic heterocycles. The van der Waals surface area contributed by atoms with Gasteiger partial charge in [0.1, 0.15) is 0 Å². The quantitative estimate of drug-likeness (QED) is 0.327. The van der Waals surface area contributed by atoms with Gasteiger partial charge in [0.05, 0.1) is 0 Å². The van der Waals surface area contributed by atoms with Crippen LogP contribution in [-0.2, 0) is 6.54 Å². The number of fused-ring (bicyclic) bond motifs is 3. The first-order valence-electron chi connectivity index (χ1n) is 8.81. The van der Waals surface area contributed by atoms with Gasteiger partial charge in [-0.2, -0.15) is 0 Å². The van der Waals surface area contributed by atoms with E-state index in [9.17, 15) is 0 Å².